The van der Waals surface area contributed by atoms with Crippen molar-refractivity contribution < 1.29 is 4.79 Å². The topological polar surface area (TPSA) is 46.9 Å². The number of hydrogen-bond donors (Lipinski definition) is 1. The van der Waals surface area contributed by atoms with Crippen LogP contribution in [-0.4, -0.2) is 15.5 Å². The fourth-order valence-corrected chi connectivity index (χ4v) is 2.46. The van der Waals surface area contributed by atoms with Crippen molar-refractivity contribution >= 4 is 16.9 Å². The lowest BCUT2D eigenvalue weighted by Crippen LogP contribution is -2.37. The van der Waals surface area contributed by atoms with E-state index in [1.807, 2.05) is 45.9 Å². The van der Waals surface area contributed by atoms with Crippen LogP contribution in [0.4, 0.5) is 0 Å². The van der Waals surface area contributed by atoms with Gasteiger partial charge < -0.3 is 9.88 Å². The normalized spacial score (nSPS) is 13.6. The summed E-state index contributed by atoms with van der Waals surface area (Å²) in [5.74, 6) is 1.48. The summed E-state index contributed by atoms with van der Waals surface area (Å²) in [7, 11) is 0. The third-order valence-corrected chi connectivity index (χ3v) is 3.65. The van der Waals surface area contributed by atoms with Crippen molar-refractivity contribution in [2.45, 2.75) is 54.1 Å². The largest absolute Gasteiger partial charge is 0.346 e. The highest BCUT2D eigenvalue weighted by molar-refractivity contribution is 5.82. The molecule has 2 rings (SSSR count). The van der Waals surface area contributed by atoms with Gasteiger partial charge in [-0.3, -0.25) is 4.79 Å². The molecule has 0 aliphatic carbocycles. The van der Waals surface area contributed by atoms with Gasteiger partial charge in [-0.2, -0.15) is 0 Å². The predicted molar refractivity (Wildman–Crippen MR) is 90.6 cm³/mol. The van der Waals surface area contributed by atoms with Crippen LogP contribution >= 0.6 is 0 Å². The van der Waals surface area contributed by atoms with Crippen molar-refractivity contribution in [2.24, 2.45) is 11.3 Å². The molecule has 0 aliphatic heterocycles. The van der Waals surface area contributed by atoms with E-state index in [9.17, 15) is 4.79 Å². The van der Waals surface area contributed by atoms with E-state index in [4.69, 9.17) is 4.98 Å². The number of hydrogen-bond acceptors (Lipinski definition) is 2. The molecule has 1 aromatic carbocycles. The Balaban J connectivity index is 2.39. The Labute approximate surface area is 132 Å². The lowest BCUT2D eigenvalue weighted by molar-refractivity contribution is -0.129. The number of carbonyl (C=O) groups is 1. The van der Waals surface area contributed by atoms with Crippen LogP contribution in [0.25, 0.3) is 11.0 Å². The molecule has 4 heteroatoms. The fraction of sp³-hybridized carbons (Fsp3) is 0.556. The molecule has 0 unspecified atom stereocenters. The molecular weight excluding hydrogens is 274 g/mol. The number of para-hydroxylation sites is 2. The summed E-state index contributed by atoms with van der Waals surface area (Å²) in [5, 5.41) is 3.09. The van der Waals surface area contributed by atoms with E-state index < -0.39 is 5.41 Å². The molecule has 1 atom stereocenters. The number of nitrogens with one attached hydrogen (secondary N) is 1. The third kappa shape index (κ3) is 3.49. The van der Waals surface area contributed by atoms with Gasteiger partial charge in [0.25, 0.3) is 0 Å². The zero-order valence-corrected chi connectivity index (χ0v) is 14.5. The summed E-state index contributed by atoms with van der Waals surface area (Å²) >= 11 is 0. The molecule has 2 aromatic rings. The Morgan fingerprint density at radius 2 is 1.86 bits per heavy atom. The number of amides is 1. The minimum absolute atomic E-state index is 0.0446. The summed E-state index contributed by atoms with van der Waals surface area (Å²) in [5.41, 5.74) is 1.71. The van der Waals surface area contributed by atoms with Gasteiger partial charge in [-0.15, -0.1) is 0 Å². The Bertz CT molecular complexity index is 665. The van der Waals surface area contributed by atoms with Crippen LogP contribution in [0.5, 0.6) is 0 Å². The molecule has 0 spiro atoms. The molecule has 120 valence electrons. The zero-order valence-electron chi connectivity index (χ0n) is 14.5. The van der Waals surface area contributed by atoms with E-state index in [2.05, 4.69) is 29.8 Å². The van der Waals surface area contributed by atoms with Gasteiger partial charge >= 0.3 is 0 Å². The average Bonchev–Trinajstić information content (AvgIpc) is 2.76. The maximum absolute atomic E-state index is 12.2. The van der Waals surface area contributed by atoms with Gasteiger partial charge in [0.15, 0.2) is 0 Å². The molecule has 22 heavy (non-hydrogen) atoms. The Morgan fingerprint density at radius 1 is 1.23 bits per heavy atom. The SMILES string of the molecule is CC(C)Cn1c([C@@H](C)NC(=O)C(C)(C)C)nc2ccccc21. The predicted octanol–water partition coefficient (Wildman–Crippen LogP) is 3.92. The van der Waals surface area contributed by atoms with Gasteiger partial charge in [0.1, 0.15) is 5.82 Å². The maximum atomic E-state index is 12.2. The van der Waals surface area contributed by atoms with E-state index in [1.54, 1.807) is 0 Å². The minimum atomic E-state index is -0.400. The van der Waals surface area contributed by atoms with Crippen LogP contribution in [0.15, 0.2) is 24.3 Å². The first-order chi connectivity index (χ1) is 10.2. The van der Waals surface area contributed by atoms with E-state index in [0.717, 1.165) is 23.4 Å². The molecule has 1 heterocycles. The van der Waals surface area contributed by atoms with Gasteiger partial charge in [0.05, 0.1) is 17.1 Å². The van der Waals surface area contributed by atoms with Crippen molar-refractivity contribution in [3.05, 3.63) is 30.1 Å². The third-order valence-electron chi connectivity index (χ3n) is 3.65. The quantitative estimate of drug-likeness (QED) is 0.930. The number of fused-ring (bicyclic) bond motifs is 1. The molecule has 0 saturated heterocycles. The van der Waals surface area contributed by atoms with Gasteiger partial charge in [-0.25, -0.2) is 4.98 Å². The lowest BCUT2D eigenvalue weighted by atomic mass is 9.95. The zero-order chi connectivity index (χ0) is 16.5. The van der Waals surface area contributed by atoms with Crippen LogP contribution in [0.1, 0.15) is 53.4 Å². The van der Waals surface area contributed by atoms with Crippen LogP contribution in [0, 0.1) is 11.3 Å². The second-order valence-corrected chi connectivity index (χ2v) is 7.41. The first-order valence-electron chi connectivity index (χ1n) is 7.96. The summed E-state index contributed by atoms with van der Waals surface area (Å²) in [4.78, 5) is 17.0. The number of aromatic nitrogens is 2. The van der Waals surface area contributed by atoms with Crippen molar-refractivity contribution in [3.63, 3.8) is 0 Å². The molecule has 0 bridgehead atoms. The molecule has 1 aromatic heterocycles. The van der Waals surface area contributed by atoms with Crippen LogP contribution < -0.4 is 5.32 Å². The molecule has 0 radical (unpaired) electrons. The Morgan fingerprint density at radius 3 is 2.45 bits per heavy atom. The summed E-state index contributed by atoms with van der Waals surface area (Å²) in [6, 6.07) is 8.03. The molecule has 4 nitrogen and oxygen atoms in total. The van der Waals surface area contributed by atoms with Crippen molar-refractivity contribution in [1.82, 2.24) is 14.9 Å². The van der Waals surface area contributed by atoms with Crippen molar-refractivity contribution in [3.8, 4) is 0 Å². The second-order valence-electron chi connectivity index (χ2n) is 7.41. The monoisotopic (exact) mass is 301 g/mol. The molecule has 0 aliphatic rings. The molecular formula is C18H27N3O. The van der Waals surface area contributed by atoms with Gasteiger partial charge in [-0.05, 0) is 25.0 Å². The number of benzene rings is 1. The molecule has 0 saturated carbocycles. The van der Waals surface area contributed by atoms with Gasteiger partial charge in [-0.1, -0.05) is 46.8 Å². The van der Waals surface area contributed by atoms with E-state index >= 15 is 0 Å². The summed E-state index contributed by atoms with van der Waals surface area (Å²) in [6.45, 7) is 13.0. The summed E-state index contributed by atoms with van der Waals surface area (Å²) in [6.07, 6.45) is 0. The van der Waals surface area contributed by atoms with E-state index in [1.165, 1.54) is 0 Å². The lowest BCUT2D eigenvalue weighted by Gasteiger charge is -2.22. The number of carbonyl (C=O) groups excluding carboxylic acids is 1. The van der Waals surface area contributed by atoms with Crippen LogP contribution in [-0.2, 0) is 11.3 Å². The highest BCUT2D eigenvalue weighted by atomic mass is 16.2. The number of nitrogens with zero attached hydrogens (tertiary/aromatic N) is 2. The molecule has 0 fully saturated rings. The molecule has 1 amide bonds. The maximum Gasteiger partial charge on any atom is 0.225 e. The average molecular weight is 301 g/mol. The summed E-state index contributed by atoms with van der Waals surface area (Å²) < 4.78 is 2.23. The Hall–Kier alpha value is -1.84. The van der Waals surface area contributed by atoms with Crippen LogP contribution in [0.3, 0.4) is 0 Å². The van der Waals surface area contributed by atoms with Gasteiger partial charge in [0, 0.05) is 12.0 Å². The highest BCUT2D eigenvalue weighted by Gasteiger charge is 2.25. The fourth-order valence-electron chi connectivity index (χ4n) is 2.46. The minimum Gasteiger partial charge on any atom is -0.346 e. The first-order valence-corrected chi connectivity index (χ1v) is 7.96. The molecule has 1 N–H and O–H groups in total. The standard InChI is InChI=1S/C18H27N3O/c1-12(2)11-21-15-10-8-7-9-14(15)20-16(21)13(3)19-17(22)18(4,5)6/h7-10,12-13H,11H2,1-6H3,(H,19,22)/t13-/m1/s1. The number of rotatable bonds is 4. The van der Waals surface area contributed by atoms with Gasteiger partial charge in [0.2, 0.25) is 5.91 Å². The van der Waals surface area contributed by atoms with E-state index in [-0.39, 0.29) is 11.9 Å². The number of imidazole rings is 1. The smallest absolute Gasteiger partial charge is 0.225 e. The first kappa shape index (κ1) is 16.5. The van der Waals surface area contributed by atoms with E-state index in [0.29, 0.717) is 5.92 Å². The Kier molecular flexibility index (Phi) is 4.59. The van der Waals surface area contributed by atoms with Crippen molar-refractivity contribution in [1.29, 1.82) is 0 Å². The highest BCUT2D eigenvalue weighted by Crippen LogP contribution is 2.23. The van der Waals surface area contributed by atoms with Crippen molar-refractivity contribution in [2.75, 3.05) is 0 Å². The van der Waals surface area contributed by atoms with Crippen LogP contribution in [0.2, 0.25) is 0 Å². The second kappa shape index (κ2) is 6.11.